The van der Waals surface area contributed by atoms with Crippen LogP contribution in [0.2, 0.25) is 0 Å². The molecule has 0 atom stereocenters. The molecular formula is C13H21N3O3. The Hall–Kier alpha value is -1.40. The summed E-state index contributed by atoms with van der Waals surface area (Å²) in [7, 11) is 1.62. The van der Waals surface area contributed by atoms with Crippen LogP contribution < -0.4 is 11.3 Å². The molecule has 0 spiro atoms. The van der Waals surface area contributed by atoms with Gasteiger partial charge in [0, 0.05) is 33.2 Å². The van der Waals surface area contributed by atoms with Crippen LogP contribution >= 0.6 is 0 Å². The highest BCUT2D eigenvalue weighted by Gasteiger charge is 2.37. The predicted molar refractivity (Wildman–Crippen MR) is 72.1 cm³/mol. The fourth-order valence-electron chi connectivity index (χ4n) is 2.51. The van der Waals surface area contributed by atoms with Crippen LogP contribution in [0.1, 0.15) is 44.0 Å². The van der Waals surface area contributed by atoms with E-state index in [-0.39, 0.29) is 17.3 Å². The van der Waals surface area contributed by atoms with Crippen molar-refractivity contribution < 1.29 is 9.47 Å². The van der Waals surface area contributed by atoms with E-state index in [4.69, 9.17) is 15.2 Å². The van der Waals surface area contributed by atoms with E-state index in [1.54, 1.807) is 7.11 Å². The van der Waals surface area contributed by atoms with Crippen LogP contribution in [0.4, 0.5) is 5.82 Å². The van der Waals surface area contributed by atoms with Crippen LogP contribution in [0, 0.1) is 0 Å². The standard InChI is InChI=1S/C13H21N3O3/c1-8(2)9-10(14)15-12(16-11(9)17)13(18-3)4-6-19-7-5-13/h8H,4-7H2,1-3H3,(H3,14,15,16,17). The molecule has 0 amide bonds. The number of nitrogens with two attached hydrogens (primary N) is 1. The lowest BCUT2D eigenvalue weighted by molar-refractivity contribution is -0.100. The number of nitrogen functional groups attached to an aromatic ring is 1. The van der Waals surface area contributed by atoms with Gasteiger partial charge in [-0.15, -0.1) is 0 Å². The Kier molecular flexibility index (Phi) is 3.91. The maximum absolute atomic E-state index is 12.1. The Morgan fingerprint density at radius 1 is 1.42 bits per heavy atom. The lowest BCUT2D eigenvalue weighted by Crippen LogP contribution is -2.39. The van der Waals surface area contributed by atoms with Gasteiger partial charge in [0.2, 0.25) is 0 Å². The highest BCUT2D eigenvalue weighted by atomic mass is 16.5. The molecule has 1 aromatic heterocycles. The van der Waals surface area contributed by atoms with E-state index >= 15 is 0 Å². The molecule has 1 aromatic rings. The Labute approximate surface area is 112 Å². The summed E-state index contributed by atoms with van der Waals surface area (Å²) in [5, 5.41) is 0. The normalized spacial score (nSPS) is 18.7. The number of hydrogen-bond donors (Lipinski definition) is 2. The van der Waals surface area contributed by atoms with Gasteiger partial charge in [0.1, 0.15) is 17.2 Å². The number of nitrogens with one attached hydrogen (secondary N) is 1. The number of hydrogen-bond acceptors (Lipinski definition) is 5. The van der Waals surface area contributed by atoms with Crippen molar-refractivity contribution in [1.82, 2.24) is 9.97 Å². The van der Waals surface area contributed by atoms with Crippen molar-refractivity contribution in [3.8, 4) is 0 Å². The molecule has 6 nitrogen and oxygen atoms in total. The third kappa shape index (κ3) is 2.50. The first-order valence-electron chi connectivity index (χ1n) is 6.53. The molecule has 0 aromatic carbocycles. The van der Waals surface area contributed by atoms with Gasteiger partial charge >= 0.3 is 0 Å². The second-order valence-corrected chi connectivity index (χ2v) is 5.18. The van der Waals surface area contributed by atoms with E-state index in [0.29, 0.717) is 37.4 Å². The SMILES string of the molecule is COC1(c2nc(N)c(C(C)C)c(=O)[nH]2)CCOCC1. The molecule has 1 aliphatic heterocycles. The third-order valence-electron chi connectivity index (χ3n) is 3.68. The van der Waals surface area contributed by atoms with Gasteiger partial charge in [-0.2, -0.15) is 0 Å². The molecular weight excluding hydrogens is 246 g/mol. The second-order valence-electron chi connectivity index (χ2n) is 5.18. The van der Waals surface area contributed by atoms with E-state index in [1.807, 2.05) is 13.8 Å². The van der Waals surface area contributed by atoms with E-state index in [9.17, 15) is 4.79 Å². The first-order chi connectivity index (χ1) is 9.00. The van der Waals surface area contributed by atoms with Crippen LogP contribution in [0.5, 0.6) is 0 Å². The van der Waals surface area contributed by atoms with Crippen LogP contribution in [0.3, 0.4) is 0 Å². The van der Waals surface area contributed by atoms with Crippen molar-refractivity contribution in [2.24, 2.45) is 0 Å². The van der Waals surface area contributed by atoms with Crippen molar-refractivity contribution in [2.45, 2.75) is 38.2 Å². The minimum absolute atomic E-state index is 0.0403. The number of nitrogens with zero attached hydrogens (tertiary/aromatic N) is 1. The maximum Gasteiger partial charge on any atom is 0.256 e. The number of aromatic nitrogens is 2. The van der Waals surface area contributed by atoms with Crippen molar-refractivity contribution >= 4 is 5.82 Å². The van der Waals surface area contributed by atoms with Gasteiger partial charge in [-0.25, -0.2) is 4.98 Å². The van der Waals surface area contributed by atoms with Crippen molar-refractivity contribution in [1.29, 1.82) is 0 Å². The van der Waals surface area contributed by atoms with E-state index in [2.05, 4.69) is 9.97 Å². The topological polar surface area (TPSA) is 90.2 Å². The van der Waals surface area contributed by atoms with Gasteiger partial charge in [0.15, 0.2) is 0 Å². The molecule has 0 aliphatic carbocycles. The molecule has 0 radical (unpaired) electrons. The number of ether oxygens (including phenoxy) is 2. The minimum Gasteiger partial charge on any atom is -0.383 e. The Balaban J connectivity index is 2.48. The monoisotopic (exact) mass is 267 g/mol. The predicted octanol–water partition coefficient (Wildman–Crippen LogP) is 1.13. The first kappa shape index (κ1) is 14.0. The Morgan fingerprint density at radius 2 is 2.05 bits per heavy atom. The van der Waals surface area contributed by atoms with Crippen molar-refractivity contribution in [3.63, 3.8) is 0 Å². The lowest BCUT2D eigenvalue weighted by Gasteiger charge is -2.34. The molecule has 2 rings (SSSR count). The number of methoxy groups -OCH3 is 1. The summed E-state index contributed by atoms with van der Waals surface area (Å²) in [5.41, 5.74) is 5.68. The Morgan fingerprint density at radius 3 is 2.53 bits per heavy atom. The molecule has 106 valence electrons. The Bertz CT molecular complexity index is 504. The highest BCUT2D eigenvalue weighted by molar-refractivity contribution is 5.40. The fraction of sp³-hybridized carbons (Fsp3) is 0.692. The fourth-order valence-corrected chi connectivity index (χ4v) is 2.51. The first-order valence-corrected chi connectivity index (χ1v) is 6.53. The quantitative estimate of drug-likeness (QED) is 0.856. The van der Waals surface area contributed by atoms with Gasteiger partial charge in [-0.3, -0.25) is 4.79 Å². The summed E-state index contributed by atoms with van der Waals surface area (Å²) in [6.45, 7) is 5.01. The zero-order chi connectivity index (χ0) is 14.0. The molecule has 0 bridgehead atoms. The highest BCUT2D eigenvalue weighted by Crippen LogP contribution is 2.33. The van der Waals surface area contributed by atoms with Crippen molar-refractivity contribution in [3.05, 3.63) is 21.7 Å². The second kappa shape index (κ2) is 5.30. The average molecular weight is 267 g/mol. The van der Waals surface area contributed by atoms with E-state index in [1.165, 1.54) is 0 Å². The van der Waals surface area contributed by atoms with Crippen LogP contribution in [-0.4, -0.2) is 30.3 Å². The lowest BCUT2D eigenvalue weighted by atomic mass is 9.92. The van der Waals surface area contributed by atoms with Gasteiger partial charge in [-0.1, -0.05) is 13.8 Å². The van der Waals surface area contributed by atoms with Crippen LogP contribution in [0.25, 0.3) is 0 Å². The summed E-state index contributed by atoms with van der Waals surface area (Å²) in [5.74, 6) is 0.834. The van der Waals surface area contributed by atoms with Gasteiger partial charge in [0.05, 0.1) is 5.56 Å². The maximum atomic E-state index is 12.1. The van der Waals surface area contributed by atoms with Crippen LogP contribution in [-0.2, 0) is 15.1 Å². The van der Waals surface area contributed by atoms with E-state index < -0.39 is 5.60 Å². The van der Waals surface area contributed by atoms with Crippen molar-refractivity contribution in [2.75, 3.05) is 26.1 Å². The summed E-state index contributed by atoms with van der Waals surface area (Å²) in [4.78, 5) is 19.3. The van der Waals surface area contributed by atoms with Gasteiger partial charge in [-0.05, 0) is 5.92 Å². The molecule has 2 heterocycles. The van der Waals surface area contributed by atoms with Gasteiger partial charge < -0.3 is 20.2 Å². The molecule has 1 fully saturated rings. The average Bonchev–Trinajstić information content (AvgIpc) is 2.38. The minimum atomic E-state index is -0.596. The van der Waals surface area contributed by atoms with E-state index in [0.717, 1.165) is 0 Å². The molecule has 1 aliphatic rings. The summed E-state index contributed by atoms with van der Waals surface area (Å²) in [6.07, 6.45) is 1.32. The zero-order valence-electron chi connectivity index (χ0n) is 11.7. The molecule has 0 unspecified atom stereocenters. The molecule has 6 heteroatoms. The largest absolute Gasteiger partial charge is 0.383 e. The van der Waals surface area contributed by atoms with Crippen LogP contribution in [0.15, 0.2) is 4.79 Å². The molecule has 19 heavy (non-hydrogen) atoms. The number of aromatic amines is 1. The third-order valence-corrected chi connectivity index (χ3v) is 3.68. The summed E-state index contributed by atoms with van der Waals surface area (Å²) < 4.78 is 10.9. The zero-order valence-corrected chi connectivity index (χ0v) is 11.7. The van der Waals surface area contributed by atoms with Gasteiger partial charge in [0.25, 0.3) is 5.56 Å². The summed E-state index contributed by atoms with van der Waals surface area (Å²) >= 11 is 0. The number of rotatable bonds is 3. The number of anilines is 1. The summed E-state index contributed by atoms with van der Waals surface area (Å²) in [6, 6.07) is 0. The molecule has 1 saturated heterocycles. The number of H-pyrrole nitrogens is 1. The smallest absolute Gasteiger partial charge is 0.256 e. The molecule has 3 N–H and O–H groups in total. The molecule has 0 saturated carbocycles.